The largest absolute Gasteiger partial charge is 0.324 e. The standard InChI is InChI=1S/C21H24FN3O4S/c1-13(2)12-25-20-8-5-16(10-15(20)4-9-21(25)27)24-30(28,29)17-6-7-19(18(22)11-17)23-14(3)26/h5-8,10-11,13,24H,4,9,12H2,1-3H3,(H,23,26). The van der Waals surface area contributed by atoms with E-state index in [0.29, 0.717) is 31.0 Å². The summed E-state index contributed by atoms with van der Waals surface area (Å²) in [6.07, 6.45) is 0.893. The molecule has 1 heterocycles. The summed E-state index contributed by atoms with van der Waals surface area (Å²) >= 11 is 0. The van der Waals surface area contributed by atoms with Gasteiger partial charge in [0.05, 0.1) is 10.6 Å². The molecule has 0 aromatic heterocycles. The average Bonchev–Trinajstić information content (AvgIpc) is 2.64. The van der Waals surface area contributed by atoms with Gasteiger partial charge in [0, 0.05) is 31.3 Å². The van der Waals surface area contributed by atoms with Crippen molar-refractivity contribution in [2.45, 2.75) is 38.5 Å². The molecule has 9 heteroatoms. The number of anilines is 3. The van der Waals surface area contributed by atoms with Gasteiger partial charge in [0.1, 0.15) is 5.82 Å². The van der Waals surface area contributed by atoms with Crippen LogP contribution in [0.2, 0.25) is 0 Å². The van der Waals surface area contributed by atoms with Gasteiger partial charge in [0.15, 0.2) is 0 Å². The highest BCUT2D eigenvalue weighted by Gasteiger charge is 2.25. The number of fused-ring (bicyclic) bond motifs is 1. The monoisotopic (exact) mass is 433 g/mol. The lowest BCUT2D eigenvalue weighted by atomic mass is 9.99. The number of hydrogen-bond acceptors (Lipinski definition) is 4. The molecule has 0 radical (unpaired) electrons. The SMILES string of the molecule is CC(=O)Nc1ccc(S(=O)(=O)Nc2ccc3c(c2)CCC(=O)N3CC(C)C)cc1F. The van der Waals surface area contributed by atoms with E-state index in [1.165, 1.54) is 19.1 Å². The van der Waals surface area contributed by atoms with E-state index < -0.39 is 21.7 Å². The number of carbonyl (C=O) groups is 2. The molecule has 0 saturated carbocycles. The van der Waals surface area contributed by atoms with Crippen molar-refractivity contribution in [3.8, 4) is 0 Å². The first kappa shape index (κ1) is 21.8. The van der Waals surface area contributed by atoms with Gasteiger partial charge in [-0.05, 0) is 54.3 Å². The summed E-state index contributed by atoms with van der Waals surface area (Å²) in [7, 11) is -4.03. The fraction of sp³-hybridized carbons (Fsp3) is 0.333. The van der Waals surface area contributed by atoms with Gasteiger partial charge in [0.25, 0.3) is 10.0 Å². The number of nitrogens with one attached hydrogen (secondary N) is 2. The average molecular weight is 434 g/mol. The zero-order chi connectivity index (χ0) is 22.1. The third kappa shape index (κ3) is 4.79. The first-order valence-corrected chi connectivity index (χ1v) is 11.1. The molecule has 0 atom stereocenters. The quantitative estimate of drug-likeness (QED) is 0.729. The van der Waals surface area contributed by atoms with Crippen LogP contribution in [-0.4, -0.2) is 26.8 Å². The molecule has 0 bridgehead atoms. The van der Waals surface area contributed by atoms with E-state index >= 15 is 0 Å². The summed E-state index contributed by atoms with van der Waals surface area (Å²) in [5.41, 5.74) is 1.90. The van der Waals surface area contributed by atoms with Gasteiger partial charge in [-0.3, -0.25) is 14.3 Å². The van der Waals surface area contributed by atoms with Crippen LogP contribution in [0.25, 0.3) is 0 Å². The second-order valence-corrected chi connectivity index (χ2v) is 9.35. The first-order valence-electron chi connectivity index (χ1n) is 9.60. The summed E-state index contributed by atoms with van der Waals surface area (Å²) < 4.78 is 42.0. The van der Waals surface area contributed by atoms with Crippen molar-refractivity contribution in [1.82, 2.24) is 0 Å². The van der Waals surface area contributed by atoms with E-state index in [1.807, 2.05) is 13.8 Å². The highest BCUT2D eigenvalue weighted by molar-refractivity contribution is 7.92. The van der Waals surface area contributed by atoms with E-state index in [-0.39, 0.29) is 16.5 Å². The summed E-state index contributed by atoms with van der Waals surface area (Å²) in [5, 5.41) is 2.30. The van der Waals surface area contributed by atoms with Gasteiger partial charge in [-0.25, -0.2) is 12.8 Å². The molecular weight excluding hydrogens is 409 g/mol. The lowest BCUT2D eigenvalue weighted by molar-refractivity contribution is -0.119. The van der Waals surface area contributed by atoms with Gasteiger partial charge >= 0.3 is 0 Å². The van der Waals surface area contributed by atoms with Crippen LogP contribution in [0.1, 0.15) is 32.8 Å². The Morgan fingerprint density at radius 2 is 1.90 bits per heavy atom. The highest BCUT2D eigenvalue weighted by atomic mass is 32.2. The second kappa shape index (κ2) is 8.43. The molecule has 160 valence electrons. The van der Waals surface area contributed by atoms with Crippen molar-refractivity contribution < 1.29 is 22.4 Å². The maximum Gasteiger partial charge on any atom is 0.261 e. The Morgan fingerprint density at radius 3 is 2.53 bits per heavy atom. The van der Waals surface area contributed by atoms with Gasteiger partial charge in [-0.1, -0.05) is 13.8 Å². The molecule has 0 saturated heterocycles. The second-order valence-electron chi connectivity index (χ2n) is 7.67. The third-order valence-electron chi connectivity index (χ3n) is 4.64. The molecule has 7 nitrogen and oxygen atoms in total. The fourth-order valence-corrected chi connectivity index (χ4v) is 4.42. The van der Waals surface area contributed by atoms with Crippen LogP contribution in [0.15, 0.2) is 41.3 Å². The van der Waals surface area contributed by atoms with Gasteiger partial charge < -0.3 is 10.2 Å². The van der Waals surface area contributed by atoms with Crippen LogP contribution in [0, 0.1) is 11.7 Å². The number of sulfonamides is 1. The third-order valence-corrected chi connectivity index (χ3v) is 6.02. The minimum atomic E-state index is -4.03. The fourth-order valence-electron chi connectivity index (χ4n) is 3.36. The van der Waals surface area contributed by atoms with Crippen LogP contribution in [0.5, 0.6) is 0 Å². The number of halogens is 1. The topological polar surface area (TPSA) is 95.6 Å². The Bertz CT molecular complexity index is 1100. The minimum Gasteiger partial charge on any atom is -0.324 e. The first-order chi connectivity index (χ1) is 14.1. The number of amides is 2. The Balaban J connectivity index is 1.85. The maximum atomic E-state index is 14.1. The van der Waals surface area contributed by atoms with Gasteiger partial charge in [0.2, 0.25) is 11.8 Å². The molecule has 0 spiro atoms. The predicted molar refractivity (Wildman–Crippen MR) is 113 cm³/mol. The summed E-state index contributed by atoms with van der Waals surface area (Å²) in [6, 6.07) is 8.30. The van der Waals surface area contributed by atoms with Gasteiger partial charge in [-0.15, -0.1) is 0 Å². The molecule has 2 aromatic carbocycles. The molecule has 2 N–H and O–H groups in total. The van der Waals surface area contributed by atoms with Crippen molar-refractivity contribution in [2.75, 3.05) is 21.5 Å². The molecule has 3 rings (SSSR count). The molecule has 0 fully saturated rings. The van der Waals surface area contributed by atoms with Gasteiger partial charge in [-0.2, -0.15) is 0 Å². The van der Waals surface area contributed by atoms with Crippen LogP contribution in [0.4, 0.5) is 21.5 Å². The van der Waals surface area contributed by atoms with Crippen molar-refractivity contribution in [1.29, 1.82) is 0 Å². The van der Waals surface area contributed by atoms with Crippen LogP contribution >= 0.6 is 0 Å². The minimum absolute atomic E-state index is 0.0549. The Kier molecular flexibility index (Phi) is 6.12. The number of rotatable bonds is 6. The molecule has 2 aromatic rings. The molecule has 2 amide bonds. The number of carbonyl (C=O) groups excluding carboxylic acids is 2. The van der Waals surface area contributed by atoms with Crippen molar-refractivity contribution >= 4 is 38.9 Å². The van der Waals surface area contributed by atoms with E-state index in [9.17, 15) is 22.4 Å². The molecule has 0 aliphatic carbocycles. The number of hydrogen-bond donors (Lipinski definition) is 2. The maximum absolute atomic E-state index is 14.1. The van der Waals surface area contributed by atoms with Crippen molar-refractivity contribution in [2.24, 2.45) is 5.92 Å². The lowest BCUT2D eigenvalue weighted by Crippen LogP contribution is -2.37. The van der Waals surface area contributed by atoms with E-state index in [4.69, 9.17) is 0 Å². The van der Waals surface area contributed by atoms with Crippen LogP contribution in [0.3, 0.4) is 0 Å². The van der Waals surface area contributed by atoms with Crippen molar-refractivity contribution in [3.63, 3.8) is 0 Å². The van der Waals surface area contributed by atoms with E-state index in [2.05, 4.69) is 10.0 Å². The van der Waals surface area contributed by atoms with Crippen LogP contribution in [-0.2, 0) is 26.0 Å². The zero-order valence-electron chi connectivity index (χ0n) is 17.0. The molecular formula is C21H24FN3O4S. The van der Waals surface area contributed by atoms with Crippen molar-refractivity contribution in [3.05, 3.63) is 47.8 Å². The number of aryl methyl sites for hydroxylation is 1. The molecule has 1 aliphatic heterocycles. The lowest BCUT2D eigenvalue weighted by Gasteiger charge is -2.31. The Morgan fingerprint density at radius 1 is 1.17 bits per heavy atom. The normalized spacial score (nSPS) is 13.9. The summed E-state index contributed by atoms with van der Waals surface area (Å²) in [5.74, 6) is -0.948. The smallest absolute Gasteiger partial charge is 0.261 e. The zero-order valence-corrected chi connectivity index (χ0v) is 17.8. The Labute approximate surface area is 175 Å². The predicted octanol–water partition coefficient (Wildman–Crippen LogP) is 3.52. The molecule has 0 unspecified atom stereocenters. The highest BCUT2D eigenvalue weighted by Crippen LogP contribution is 2.32. The number of nitrogens with zero attached hydrogens (tertiary/aromatic N) is 1. The summed E-state index contributed by atoms with van der Waals surface area (Å²) in [6.45, 7) is 5.88. The van der Waals surface area contributed by atoms with Crippen LogP contribution < -0.4 is 14.9 Å². The van der Waals surface area contributed by atoms with E-state index in [1.54, 1.807) is 23.1 Å². The molecule has 30 heavy (non-hydrogen) atoms. The summed E-state index contributed by atoms with van der Waals surface area (Å²) in [4.78, 5) is 24.8. The van der Waals surface area contributed by atoms with E-state index in [0.717, 1.165) is 17.3 Å². The number of benzene rings is 2. The Hall–Kier alpha value is -2.94. The molecule has 1 aliphatic rings.